The van der Waals surface area contributed by atoms with Crippen LogP contribution in [0.4, 0.5) is 0 Å². The van der Waals surface area contributed by atoms with Gasteiger partial charge in [-0.2, -0.15) is 0 Å². The molecule has 4 heteroatoms. The van der Waals surface area contributed by atoms with Gasteiger partial charge in [0.25, 0.3) is 0 Å². The molecule has 0 bridgehead atoms. The molecule has 0 aliphatic heterocycles. The Hall–Kier alpha value is -7.82. The highest BCUT2D eigenvalue weighted by Gasteiger charge is 2.24. The van der Waals surface area contributed by atoms with Gasteiger partial charge in [0, 0.05) is 43.1 Å². The third-order valence-corrected chi connectivity index (χ3v) is 12.1. The molecule has 0 unspecified atom stereocenters. The van der Waals surface area contributed by atoms with Crippen LogP contribution in [0.1, 0.15) is 0 Å². The molecule has 0 amide bonds. The second-order valence-electron chi connectivity index (χ2n) is 15.2. The van der Waals surface area contributed by atoms with Crippen molar-refractivity contribution in [3.8, 4) is 33.6 Å². The van der Waals surface area contributed by atoms with E-state index in [2.05, 4.69) is 191 Å². The van der Waals surface area contributed by atoms with Crippen LogP contribution < -0.4 is 0 Å². The van der Waals surface area contributed by atoms with E-state index >= 15 is 0 Å². The first-order valence-corrected chi connectivity index (χ1v) is 19.8. The molecule has 0 atom stereocenters. The number of hydrogen-bond donors (Lipinski definition) is 0. The number of nitrogens with zero attached hydrogens (tertiary/aromatic N) is 2. The van der Waals surface area contributed by atoms with E-state index in [-0.39, 0.29) is 0 Å². The Morgan fingerprint density at radius 1 is 0.310 bits per heavy atom. The van der Waals surface area contributed by atoms with Crippen LogP contribution in [0.3, 0.4) is 0 Å². The van der Waals surface area contributed by atoms with Gasteiger partial charge in [0.05, 0.1) is 33.4 Å². The summed E-state index contributed by atoms with van der Waals surface area (Å²) in [5.74, 6) is 0. The Morgan fingerprint density at radius 3 is 1.50 bits per heavy atom. The quantitative estimate of drug-likeness (QED) is 0.180. The summed E-state index contributed by atoms with van der Waals surface area (Å²) in [4.78, 5) is 0. The Labute approximate surface area is 332 Å². The van der Waals surface area contributed by atoms with E-state index in [1.54, 1.807) is 0 Å². The summed E-state index contributed by atoms with van der Waals surface area (Å²) in [6.07, 6.45) is 0. The highest BCUT2D eigenvalue weighted by Crippen LogP contribution is 2.47. The van der Waals surface area contributed by atoms with Gasteiger partial charge in [0.2, 0.25) is 0 Å². The van der Waals surface area contributed by atoms with Gasteiger partial charge < -0.3 is 18.0 Å². The molecule has 9 aromatic carbocycles. The van der Waals surface area contributed by atoms with Crippen LogP contribution >= 0.6 is 0 Å². The third kappa shape index (κ3) is 4.29. The Kier molecular flexibility index (Phi) is 6.41. The van der Waals surface area contributed by atoms with E-state index in [4.69, 9.17) is 8.83 Å². The highest BCUT2D eigenvalue weighted by molar-refractivity contribution is 6.21. The van der Waals surface area contributed by atoms with Gasteiger partial charge in [-0.25, -0.2) is 0 Å². The van der Waals surface area contributed by atoms with Gasteiger partial charge in [-0.15, -0.1) is 0 Å². The normalized spacial score (nSPS) is 12.1. The van der Waals surface area contributed by atoms with Crippen LogP contribution in [-0.4, -0.2) is 9.13 Å². The number of hydrogen-bond acceptors (Lipinski definition) is 2. The smallest absolute Gasteiger partial charge is 0.159 e. The SMILES string of the molecule is c1ccc(-c2ccc3c(c2-c2ccc4c5ccccc5n(-c5cccc6c5oc5ccccc56)c4c2)c2ccccc2n3-c2cccc3c2oc2ccccc23)cc1. The summed E-state index contributed by atoms with van der Waals surface area (Å²) in [6.45, 7) is 0. The first kappa shape index (κ1) is 31.4. The molecule has 0 spiro atoms. The summed E-state index contributed by atoms with van der Waals surface area (Å²) in [5, 5.41) is 9.24. The average Bonchev–Trinajstić information content (AvgIpc) is 4.04. The second kappa shape index (κ2) is 11.8. The van der Waals surface area contributed by atoms with Crippen molar-refractivity contribution in [2.75, 3.05) is 0 Å². The highest BCUT2D eigenvalue weighted by atomic mass is 16.3. The van der Waals surface area contributed by atoms with Crippen LogP contribution in [-0.2, 0) is 0 Å². The molecule has 0 saturated heterocycles. The molecule has 4 heterocycles. The molecular formula is C54H32N2O2. The van der Waals surface area contributed by atoms with Crippen LogP contribution in [0.15, 0.2) is 203 Å². The molecule has 4 aromatic heterocycles. The largest absolute Gasteiger partial charge is 0.454 e. The van der Waals surface area contributed by atoms with Crippen LogP contribution in [0.25, 0.3) is 121 Å². The van der Waals surface area contributed by atoms with E-state index in [1.807, 2.05) is 12.1 Å². The third-order valence-electron chi connectivity index (χ3n) is 12.1. The summed E-state index contributed by atoms with van der Waals surface area (Å²) in [5.41, 5.74) is 14.8. The number of benzene rings is 9. The van der Waals surface area contributed by atoms with E-state index in [9.17, 15) is 0 Å². The maximum absolute atomic E-state index is 6.67. The van der Waals surface area contributed by atoms with Crippen molar-refractivity contribution < 1.29 is 8.83 Å². The Balaban J connectivity index is 1.15. The summed E-state index contributed by atoms with van der Waals surface area (Å²) in [6, 6.07) is 69.5. The molecule has 0 radical (unpaired) electrons. The van der Waals surface area contributed by atoms with Crippen molar-refractivity contribution in [1.82, 2.24) is 9.13 Å². The van der Waals surface area contributed by atoms with Crippen LogP contribution in [0.2, 0.25) is 0 Å². The standard InChI is InChI=1S/C54H32N2O2/c1-2-14-33(15-3-1)35-30-31-45-52(42-19-5-9-23-44(42)55(45)46-24-12-20-40-38-17-6-10-26-49(38)57-53(40)46)51(35)34-28-29-37-36-16-4-8-22-43(36)56(48(37)32-34)47-25-13-21-41-39-18-7-11-27-50(39)58-54(41)47/h1-32H. The molecule has 13 aromatic rings. The number of fused-ring (bicyclic) bond motifs is 12. The summed E-state index contributed by atoms with van der Waals surface area (Å²) >= 11 is 0. The molecular weight excluding hydrogens is 709 g/mol. The average molecular weight is 741 g/mol. The monoisotopic (exact) mass is 740 g/mol. The fourth-order valence-electron chi connectivity index (χ4n) is 9.68. The lowest BCUT2D eigenvalue weighted by Crippen LogP contribution is -1.96. The topological polar surface area (TPSA) is 36.1 Å². The minimum absolute atomic E-state index is 0.880. The van der Waals surface area contributed by atoms with Gasteiger partial charge in [0.15, 0.2) is 11.2 Å². The van der Waals surface area contributed by atoms with Crippen molar-refractivity contribution in [1.29, 1.82) is 0 Å². The van der Waals surface area contributed by atoms with Crippen molar-refractivity contribution >= 4 is 87.5 Å². The molecule has 4 nitrogen and oxygen atoms in total. The van der Waals surface area contributed by atoms with Gasteiger partial charge in [-0.1, -0.05) is 146 Å². The van der Waals surface area contributed by atoms with E-state index < -0.39 is 0 Å². The van der Waals surface area contributed by atoms with Crippen LogP contribution in [0, 0.1) is 0 Å². The Bertz CT molecular complexity index is 3800. The Morgan fingerprint density at radius 2 is 0.828 bits per heavy atom. The predicted octanol–water partition coefficient (Wildman–Crippen LogP) is 15.0. The van der Waals surface area contributed by atoms with Crippen LogP contribution in [0.5, 0.6) is 0 Å². The van der Waals surface area contributed by atoms with Gasteiger partial charge in [0.1, 0.15) is 11.2 Å². The summed E-state index contributed by atoms with van der Waals surface area (Å²) < 4.78 is 18.1. The van der Waals surface area contributed by atoms with Gasteiger partial charge in [-0.05, 0) is 70.8 Å². The molecule has 0 aliphatic carbocycles. The molecule has 0 fully saturated rings. The predicted molar refractivity (Wildman–Crippen MR) is 241 cm³/mol. The number of aromatic nitrogens is 2. The molecule has 0 saturated carbocycles. The van der Waals surface area contributed by atoms with Gasteiger partial charge >= 0.3 is 0 Å². The maximum Gasteiger partial charge on any atom is 0.159 e. The van der Waals surface area contributed by atoms with E-state index in [0.717, 1.165) is 82.9 Å². The molecule has 270 valence electrons. The molecule has 0 N–H and O–H groups in total. The molecule has 58 heavy (non-hydrogen) atoms. The van der Waals surface area contributed by atoms with Crippen molar-refractivity contribution in [2.24, 2.45) is 0 Å². The maximum atomic E-state index is 6.67. The fraction of sp³-hybridized carbons (Fsp3) is 0. The number of para-hydroxylation sites is 6. The first-order valence-electron chi connectivity index (χ1n) is 19.8. The van der Waals surface area contributed by atoms with Crippen molar-refractivity contribution in [3.05, 3.63) is 194 Å². The van der Waals surface area contributed by atoms with E-state index in [0.29, 0.717) is 0 Å². The first-order chi connectivity index (χ1) is 28.8. The van der Waals surface area contributed by atoms with E-state index in [1.165, 1.54) is 38.2 Å². The lowest BCUT2D eigenvalue weighted by Gasteiger charge is -2.15. The lowest BCUT2D eigenvalue weighted by atomic mass is 9.90. The van der Waals surface area contributed by atoms with Crippen molar-refractivity contribution in [3.63, 3.8) is 0 Å². The lowest BCUT2D eigenvalue weighted by molar-refractivity contribution is 0.666. The fourth-order valence-corrected chi connectivity index (χ4v) is 9.68. The zero-order valence-electron chi connectivity index (χ0n) is 31.2. The number of rotatable bonds is 4. The summed E-state index contributed by atoms with van der Waals surface area (Å²) in [7, 11) is 0. The second-order valence-corrected chi connectivity index (χ2v) is 15.2. The molecule has 0 aliphatic rings. The minimum Gasteiger partial charge on any atom is -0.454 e. The van der Waals surface area contributed by atoms with Gasteiger partial charge in [-0.3, -0.25) is 0 Å². The minimum atomic E-state index is 0.880. The zero-order valence-corrected chi connectivity index (χ0v) is 31.2. The zero-order chi connectivity index (χ0) is 37.9. The molecule has 13 rings (SSSR count). The van der Waals surface area contributed by atoms with Crippen molar-refractivity contribution in [2.45, 2.75) is 0 Å². The number of furan rings is 2.